The van der Waals surface area contributed by atoms with Crippen molar-refractivity contribution in [2.24, 2.45) is 5.73 Å². The zero-order chi connectivity index (χ0) is 14.1. The molecule has 0 spiro atoms. The van der Waals surface area contributed by atoms with Gasteiger partial charge in [0.25, 0.3) is 0 Å². The van der Waals surface area contributed by atoms with Crippen molar-refractivity contribution in [1.29, 1.82) is 0 Å². The van der Waals surface area contributed by atoms with E-state index in [0.29, 0.717) is 0 Å². The van der Waals surface area contributed by atoms with E-state index in [1.165, 1.54) is 0 Å². The Balaban J connectivity index is 1.84. The number of nitrogens with two attached hydrogens (primary N) is 1. The highest BCUT2D eigenvalue weighted by Gasteiger charge is 2.27. The van der Waals surface area contributed by atoms with E-state index < -0.39 is 0 Å². The number of pyridine rings is 1. The fourth-order valence-corrected chi connectivity index (χ4v) is 2.57. The third-order valence-corrected chi connectivity index (χ3v) is 3.96. The zero-order valence-corrected chi connectivity index (χ0v) is 11.9. The quantitative estimate of drug-likeness (QED) is 0.865. The number of H-pyrrole nitrogens is 1. The van der Waals surface area contributed by atoms with Gasteiger partial charge in [-0.3, -0.25) is 10.1 Å². The molecule has 1 fully saturated rings. The second-order valence-electron chi connectivity index (χ2n) is 5.41. The predicted octanol–water partition coefficient (Wildman–Crippen LogP) is 1.49. The molecule has 20 heavy (non-hydrogen) atoms. The molecule has 2 aromatic heterocycles. The highest BCUT2D eigenvalue weighted by atomic mass is 15.4. The Hall–Kier alpha value is -1.95. The van der Waals surface area contributed by atoms with Crippen molar-refractivity contribution in [2.75, 3.05) is 11.4 Å². The summed E-state index contributed by atoms with van der Waals surface area (Å²) in [5.41, 5.74) is 8.06. The van der Waals surface area contributed by atoms with Gasteiger partial charge in [-0.05, 0) is 38.8 Å². The molecule has 0 bridgehead atoms. The van der Waals surface area contributed by atoms with Crippen molar-refractivity contribution in [3.05, 3.63) is 24.0 Å². The van der Waals surface area contributed by atoms with E-state index >= 15 is 0 Å². The van der Waals surface area contributed by atoms with Crippen LogP contribution in [0.5, 0.6) is 0 Å². The maximum atomic E-state index is 6.12. The molecule has 1 aliphatic heterocycles. The number of aryl methyl sites for hydroxylation is 1. The Labute approximate surface area is 118 Å². The molecule has 2 atom stereocenters. The molecule has 2 aromatic rings. The molecule has 0 saturated carbocycles. The maximum absolute atomic E-state index is 6.12. The number of nitrogens with one attached hydrogen (secondary N) is 1. The molecule has 1 aliphatic rings. The van der Waals surface area contributed by atoms with Crippen molar-refractivity contribution >= 4 is 5.95 Å². The van der Waals surface area contributed by atoms with Crippen LogP contribution in [0.15, 0.2) is 18.3 Å². The van der Waals surface area contributed by atoms with Crippen molar-refractivity contribution in [2.45, 2.75) is 38.8 Å². The van der Waals surface area contributed by atoms with E-state index in [2.05, 4.69) is 32.0 Å². The molecular formula is C14H20N6. The van der Waals surface area contributed by atoms with Crippen molar-refractivity contribution in [3.63, 3.8) is 0 Å². The van der Waals surface area contributed by atoms with Gasteiger partial charge in [0.05, 0.1) is 0 Å². The Morgan fingerprint density at radius 3 is 3.00 bits per heavy atom. The topological polar surface area (TPSA) is 83.7 Å². The van der Waals surface area contributed by atoms with Crippen LogP contribution in [0.4, 0.5) is 5.95 Å². The Morgan fingerprint density at radius 2 is 2.25 bits per heavy atom. The number of hydrogen-bond acceptors (Lipinski definition) is 5. The molecule has 6 heteroatoms. The molecule has 0 aliphatic carbocycles. The fourth-order valence-electron chi connectivity index (χ4n) is 2.57. The standard InChI is InChI=1S/C14H20N6/c1-9-5-6-11(8-16-9)13-17-14(19-18-13)20-7-3-4-12(15)10(20)2/h5-6,8,10,12H,3-4,7,15H2,1-2H3,(H,17,18,19). The minimum atomic E-state index is 0.187. The van der Waals surface area contributed by atoms with E-state index in [9.17, 15) is 0 Å². The van der Waals surface area contributed by atoms with Crippen LogP contribution in [-0.2, 0) is 0 Å². The van der Waals surface area contributed by atoms with Gasteiger partial charge in [-0.1, -0.05) is 0 Å². The Morgan fingerprint density at radius 1 is 1.40 bits per heavy atom. The van der Waals surface area contributed by atoms with Gasteiger partial charge in [0.1, 0.15) is 0 Å². The largest absolute Gasteiger partial charge is 0.335 e. The number of rotatable bonds is 2. The molecular weight excluding hydrogens is 252 g/mol. The monoisotopic (exact) mass is 272 g/mol. The number of aromatic nitrogens is 4. The first-order valence-corrected chi connectivity index (χ1v) is 7.03. The summed E-state index contributed by atoms with van der Waals surface area (Å²) in [7, 11) is 0. The first kappa shape index (κ1) is 13.1. The summed E-state index contributed by atoms with van der Waals surface area (Å²) in [5, 5.41) is 7.32. The molecule has 1 saturated heterocycles. The zero-order valence-electron chi connectivity index (χ0n) is 11.9. The van der Waals surface area contributed by atoms with Crippen LogP contribution in [0.2, 0.25) is 0 Å². The lowest BCUT2D eigenvalue weighted by atomic mass is 9.99. The first-order valence-electron chi connectivity index (χ1n) is 7.03. The Bertz CT molecular complexity index is 576. The Kier molecular flexibility index (Phi) is 3.40. The lowest BCUT2D eigenvalue weighted by Gasteiger charge is -2.36. The van der Waals surface area contributed by atoms with Crippen LogP contribution in [0.3, 0.4) is 0 Å². The van der Waals surface area contributed by atoms with Gasteiger partial charge in [-0.25, -0.2) is 0 Å². The average Bonchev–Trinajstić information content (AvgIpc) is 2.92. The molecule has 2 unspecified atom stereocenters. The normalized spacial score (nSPS) is 23.1. The summed E-state index contributed by atoms with van der Waals surface area (Å²) in [6.07, 6.45) is 3.96. The van der Waals surface area contributed by atoms with E-state index in [-0.39, 0.29) is 12.1 Å². The average molecular weight is 272 g/mol. The summed E-state index contributed by atoms with van der Waals surface area (Å²) in [5.74, 6) is 1.47. The first-order chi connectivity index (χ1) is 9.65. The molecule has 3 N–H and O–H groups in total. The molecule has 106 valence electrons. The van der Waals surface area contributed by atoms with Crippen LogP contribution in [0.25, 0.3) is 11.4 Å². The van der Waals surface area contributed by atoms with Crippen LogP contribution in [-0.4, -0.2) is 38.8 Å². The summed E-state index contributed by atoms with van der Waals surface area (Å²) in [4.78, 5) is 11.0. The SMILES string of the molecule is Cc1ccc(-c2nc(N3CCCC(N)C3C)n[nH]2)cn1. The number of hydrogen-bond donors (Lipinski definition) is 2. The van der Waals surface area contributed by atoms with Gasteiger partial charge in [0.2, 0.25) is 5.95 Å². The molecule has 0 radical (unpaired) electrons. The van der Waals surface area contributed by atoms with Gasteiger partial charge in [-0.15, -0.1) is 5.10 Å². The third kappa shape index (κ3) is 2.38. The van der Waals surface area contributed by atoms with Crippen LogP contribution >= 0.6 is 0 Å². The number of nitrogens with zero attached hydrogens (tertiary/aromatic N) is 4. The molecule has 3 rings (SSSR count). The minimum absolute atomic E-state index is 0.187. The van der Waals surface area contributed by atoms with E-state index in [0.717, 1.165) is 42.4 Å². The summed E-state index contributed by atoms with van der Waals surface area (Å²) in [6, 6.07) is 4.42. The number of anilines is 1. The van der Waals surface area contributed by atoms with Crippen molar-refractivity contribution in [3.8, 4) is 11.4 Å². The second kappa shape index (κ2) is 5.20. The number of piperidine rings is 1. The number of aromatic amines is 1. The highest BCUT2D eigenvalue weighted by Crippen LogP contribution is 2.23. The van der Waals surface area contributed by atoms with Crippen LogP contribution in [0, 0.1) is 6.92 Å². The van der Waals surface area contributed by atoms with Gasteiger partial charge in [0, 0.05) is 36.1 Å². The smallest absolute Gasteiger partial charge is 0.245 e. The van der Waals surface area contributed by atoms with E-state index in [1.807, 2.05) is 25.3 Å². The predicted molar refractivity (Wildman–Crippen MR) is 78.4 cm³/mol. The van der Waals surface area contributed by atoms with E-state index in [4.69, 9.17) is 5.73 Å². The van der Waals surface area contributed by atoms with Crippen LogP contribution in [0.1, 0.15) is 25.5 Å². The fraction of sp³-hybridized carbons (Fsp3) is 0.500. The lowest BCUT2D eigenvalue weighted by molar-refractivity contribution is 0.416. The molecule has 0 aromatic carbocycles. The van der Waals surface area contributed by atoms with Gasteiger partial charge in [-0.2, -0.15) is 4.98 Å². The molecule has 0 amide bonds. The summed E-state index contributed by atoms with van der Waals surface area (Å²) in [6.45, 7) is 5.05. The lowest BCUT2D eigenvalue weighted by Crippen LogP contribution is -2.50. The minimum Gasteiger partial charge on any atom is -0.335 e. The van der Waals surface area contributed by atoms with Crippen molar-refractivity contribution in [1.82, 2.24) is 20.2 Å². The third-order valence-electron chi connectivity index (χ3n) is 3.96. The summed E-state index contributed by atoms with van der Waals surface area (Å²) >= 11 is 0. The second-order valence-corrected chi connectivity index (χ2v) is 5.41. The molecule has 6 nitrogen and oxygen atoms in total. The highest BCUT2D eigenvalue weighted by molar-refractivity contribution is 5.55. The van der Waals surface area contributed by atoms with E-state index in [1.54, 1.807) is 0 Å². The van der Waals surface area contributed by atoms with Gasteiger partial charge in [0.15, 0.2) is 5.82 Å². The van der Waals surface area contributed by atoms with Gasteiger partial charge >= 0.3 is 0 Å². The van der Waals surface area contributed by atoms with Gasteiger partial charge < -0.3 is 10.6 Å². The van der Waals surface area contributed by atoms with Crippen LogP contribution < -0.4 is 10.6 Å². The summed E-state index contributed by atoms with van der Waals surface area (Å²) < 4.78 is 0. The maximum Gasteiger partial charge on any atom is 0.245 e. The molecule has 3 heterocycles. The van der Waals surface area contributed by atoms with Crippen molar-refractivity contribution < 1.29 is 0 Å².